The predicted octanol–water partition coefficient (Wildman–Crippen LogP) is 2.01. The van der Waals surface area contributed by atoms with E-state index in [0.29, 0.717) is 31.1 Å². The van der Waals surface area contributed by atoms with Crippen molar-refractivity contribution >= 4 is 23.6 Å². The van der Waals surface area contributed by atoms with Crippen LogP contribution in [0.5, 0.6) is 0 Å². The molecule has 1 aliphatic heterocycles. The van der Waals surface area contributed by atoms with Crippen LogP contribution >= 0.6 is 11.6 Å². The minimum Gasteiger partial charge on any atom is -0.388 e. The highest BCUT2D eigenvalue weighted by Crippen LogP contribution is 2.19. The quantitative estimate of drug-likeness (QED) is 0.836. The molecule has 5 heteroatoms. The first-order valence-corrected chi connectivity index (χ1v) is 6.97. The smallest absolute Gasteiger partial charge is 0.244 e. The molecule has 1 aromatic carbocycles. The Labute approximate surface area is 123 Å². The lowest BCUT2D eigenvalue weighted by Gasteiger charge is -2.31. The van der Waals surface area contributed by atoms with Crippen molar-refractivity contribution in [1.82, 2.24) is 5.32 Å². The molecule has 0 spiro atoms. The van der Waals surface area contributed by atoms with E-state index >= 15 is 0 Å². The normalized spacial score (nSPS) is 18.1. The summed E-state index contributed by atoms with van der Waals surface area (Å²) < 4.78 is 5.19. The fourth-order valence-electron chi connectivity index (χ4n) is 1.98. The van der Waals surface area contributed by atoms with Gasteiger partial charge in [-0.15, -0.1) is 0 Å². The molecule has 0 radical (unpaired) electrons. The van der Waals surface area contributed by atoms with Crippen molar-refractivity contribution in [3.8, 4) is 0 Å². The average Bonchev–Trinajstić information content (AvgIpc) is 2.45. The number of aliphatic hydroxyl groups is 1. The number of nitrogens with one attached hydrogen (secondary N) is 1. The number of hydrogen-bond acceptors (Lipinski definition) is 3. The van der Waals surface area contributed by atoms with E-state index in [1.807, 2.05) is 12.1 Å². The summed E-state index contributed by atoms with van der Waals surface area (Å²) in [5.74, 6) is -0.222. The van der Waals surface area contributed by atoms with Crippen LogP contribution in [-0.2, 0) is 9.53 Å². The third-order valence-corrected chi connectivity index (χ3v) is 3.56. The van der Waals surface area contributed by atoms with Gasteiger partial charge < -0.3 is 15.2 Å². The molecule has 0 atom stereocenters. The second-order valence-corrected chi connectivity index (χ2v) is 5.38. The van der Waals surface area contributed by atoms with Gasteiger partial charge in [-0.3, -0.25) is 4.79 Å². The Morgan fingerprint density at radius 1 is 1.35 bits per heavy atom. The predicted molar refractivity (Wildman–Crippen MR) is 78.5 cm³/mol. The number of hydrogen-bond donors (Lipinski definition) is 2. The zero-order valence-corrected chi connectivity index (χ0v) is 11.9. The third-order valence-electron chi connectivity index (χ3n) is 3.31. The summed E-state index contributed by atoms with van der Waals surface area (Å²) in [6.45, 7) is 1.32. The second kappa shape index (κ2) is 6.88. The molecule has 2 N–H and O–H groups in total. The highest BCUT2D eigenvalue weighted by molar-refractivity contribution is 6.30. The number of carbonyl (C=O) groups excluding carboxylic acids is 1. The van der Waals surface area contributed by atoms with Crippen LogP contribution in [0.2, 0.25) is 5.02 Å². The Kier molecular flexibility index (Phi) is 5.17. The number of benzene rings is 1. The molecule has 1 saturated heterocycles. The van der Waals surface area contributed by atoms with E-state index < -0.39 is 5.60 Å². The van der Waals surface area contributed by atoms with Crippen molar-refractivity contribution < 1.29 is 14.6 Å². The monoisotopic (exact) mass is 295 g/mol. The van der Waals surface area contributed by atoms with Gasteiger partial charge in [0.1, 0.15) is 0 Å². The van der Waals surface area contributed by atoms with Crippen molar-refractivity contribution in [2.24, 2.45) is 0 Å². The molecule has 4 nitrogen and oxygen atoms in total. The van der Waals surface area contributed by atoms with Crippen LogP contribution in [-0.4, -0.2) is 36.4 Å². The van der Waals surface area contributed by atoms with Gasteiger partial charge in [0, 0.05) is 43.7 Å². The van der Waals surface area contributed by atoms with Gasteiger partial charge in [-0.2, -0.15) is 0 Å². The van der Waals surface area contributed by atoms with Crippen LogP contribution < -0.4 is 5.32 Å². The summed E-state index contributed by atoms with van der Waals surface area (Å²) in [5, 5.41) is 13.6. The summed E-state index contributed by atoms with van der Waals surface area (Å²) in [6, 6.07) is 7.20. The van der Waals surface area contributed by atoms with Crippen molar-refractivity contribution in [1.29, 1.82) is 0 Å². The molecule has 108 valence electrons. The summed E-state index contributed by atoms with van der Waals surface area (Å²) in [5.41, 5.74) is 0.0523. The van der Waals surface area contributed by atoms with E-state index in [1.165, 1.54) is 6.08 Å². The molecule has 0 aliphatic carbocycles. The number of rotatable bonds is 4. The van der Waals surface area contributed by atoms with Crippen LogP contribution in [0.25, 0.3) is 6.08 Å². The van der Waals surface area contributed by atoms with Crippen molar-refractivity contribution in [2.75, 3.05) is 19.8 Å². The minimum atomic E-state index is -0.845. The van der Waals surface area contributed by atoms with E-state index in [1.54, 1.807) is 18.2 Å². The molecule has 1 aromatic rings. The molecular formula is C15H18ClNO3. The van der Waals surface area contributed by atoms with E-state index in [0.717, 1.165) is 5.56 Å². The van der Waals surface area contributed by atoms with Crippen LogP contribution in [0.1, 0.15) is 18.4 Å². The maximum Gasteiger partial charge on any atom is 0.244 e. The maximum atomic E-state index is 11.7. The molecule has 0 aromatic heterocycles. The van der Waals surface area contributed by atoms with E-state index in [9.17, 15) is 9.90 Å². The Morgan fingerprint density at radius 2 is 2.00 bits per heavy atom. The first-order valence-electron chi connectivity index (χ1n) is 6.59. The highest BCUT2D eigenvalue weighted by atomic mass is 35.5. The molecule has 0 saturated carbocycles. The third kappa shape index (κ3) is 4.63. The molecule has 1 aliphatic rings. The minimum absolute atomic E-state index is 0.222. The number of amides is 1. The zero-order valence-electron chi connectivity index (χ0n) is 11.1. The maximum absolute atomic E-state index is 11.7. The number of halogens is 1. The first-order chi connectivity index (χ1) is 9.57. The number of carbonyl (C=O) groups is 1. The molecule has 0 unspecified atom stereocenters. The lowest BCUT2D eigenvalue weighted by atomic mass is 9.94. The van der Waals surface area contributed by atoms with Crippen molar-refractivity contribution in [2.45, 2.75) is 18.4 Å². The fraction of sp³-hybridized carbons (Fsp3) is 0.400. The summed E-state index contributed by atoms with van der Waals surface area (Å²) in [7, 11) is 0. The van der Waals surface area contributed by atoms with E-state index in [2.05, 4.69) is 5.32 Å². The van der Waals surface area contributed by atoms with Gasteiger partial charge in [-0.05, 0) is 23.8 Å². The van der Waals surface area contributed by atoms with Crippen LogP contribution in [0.4, 0.5) is 0 Å². The lowest BCUT2D eigenvalue weighted by molar-refractivity contribution is -0.119. The Morgan fingerprint density at radius 3 is 2.65 bits per heavy atom. The van der Waals surface area contributed by atoms with Gasteiger partial charge in [0.25, 0.3) is 0 Å². The Bertz CT molecular complexity index is 478. The average molecular weight is 296 g/mol. The Balaban J connectivity index is 1.81. The molecule has 20 heavy (non-hydrogen) atoms. The lowest BCUT2D eigenvalue weighted by Crippen LogP contribution is -2.46. The van der Waals surface area contributed by atoms with Gasteiger partial charge >= 0.3 is 0 Å². The molecule has 1 fully saturated rings. The van der Waals surface area contributed by atoms with Gasteiger partial charge in [-0.1, -0.05) is 23.7 Å². The van der Waals surface area contributed by atoms with E-state index in [-0.39, 0.29) is 12.5 Å². The van der Waals surface area contributed by atoms with Crippen molar-refractivity contribution in [3.05, 3.63) is 40.9 Å². The first kappa shape index (κ1) is 15.0. The summed E-state index contributed by atoms with van der Waals surface area (Å²) in [4.78, 5) is 11.7. The summed E-state index contributed by atoms with van der Waals surface area (Å²) in [6.07, 6.45) is 4.26. The molecule has 2 rings (SSSR count). The van der Waals surface area contributed by atoms with Gasteiger partial charge in [-0.25, -0.2) is 0 Å². The Hall–Kier alpha value is -1.36. The van der Waals surface area contributed by atoms with Crippen molar-refractivity contribution in [3.63, 3.8) is 0 Å². The number of ether oxygens (including phenoxy) is 1. The molecule has 1 amide bonds. The zero-order chi connectivity index (χ0) is 14.4. The fourth-order valence-corrected chi connectivity index (χ4v) is 2.11. The van der Waals surface area contributed by atoms with Crippen LogP contribution in [0, 0.1) is 0 Å². The van der Waals surface area contributed by atoms with Gasteiger partial charge in [0.05, 0.1) is 5.60 Å². The van der Waals surface area contributed by atoms with Gasteiger partial charge in [0.2, 0.25) is 5.91 Å². The molecule has 0 bridgehead atoms. The second-order valence-electron chi connectivity index (χ2n) is 4.94. The van der Waals surface area contributed by atoms with Gasteiger partial charge in [0.15, 0.2) is 0 Å². The van der Waals surface area contributed by atoms with Crippen LogP contribution in [0.15, 0.2) is 30.3 Å². The van der Waals surface area contributed by atoms with Crippen LogP contribution in [0.3, 0.4) is 0 Å². The van der Waals surface area contributed by atoms with E-state index in [4.69, 9.17) is 16.3 Å². The molecule has 1 heterocycles. The standard InChI is InChI=1S/C15H18ClNO3/c16-13-4-1-12(2-5-13)3-6-14(18)17-11-15(19)7-9-20-10-8-15/h1-6,19H,7-11H2,(H,17,18). The topological polar surface area (TPSA) is 58.6 Å². The highest BCUT2D eigenvalue weighted by Gasteiger charge is 2.29. The largest absolute Gasteiger partial charge is 0.388 e. The SMILES string of the molecule is O=C(C=Cc1ccc(Cl)cc1)NCC1(O)CCOCC1. The molecular weight excluding hydrogens is 278 g/mol. The summed E-state index contributed by atoms with van der Waals surface area (Å²) >= 11 is 5.78.